The standard InChI is InChI=1S/C11H8FN3O3/c12-6-1-3-7(4-2-6)15-5-8(9(13)16)10(17)14-11(15)18/h1-5H,(H2,13,16)(H,14,17,18). The Labute approximate surface area is 99.5 Å². The van der Waals surface area contributed by atoms with Gasteiger partial charge in [-0.3, -0.25) is 19.1 Å². The Bertz CT molecular complexity index is 716. The van der Waals surface area contributed by atoms with E-state index in [2.05, 4.69) is 0 Å². The largest absolute Gasteiger partial charge is 0.365 e. The lowest BCUT2D eigenvalue weighted by molar-refractivity contribution is 0.0998. The summed E-state index contributed by atoms with van der Waals surface area (Å²) in [6.07, 6.45) is 1.02. The van der Waals surface area contributed by atoms with E-state index < -0.39 is 23.0 Å². The number of nitrogens with two attached hydrogens (primary N) is 1. The van der Waals surface area contributed by atoms with Crippen molar-refractivity contribution in [2.45, 2.75) is 0 Å². The molecular formula is C11H8FN3O3. The predicted octanol–water partition coefficient (Wildman–Crippen LogP) is -0.236. The summed E-state index contributed by atoms with van der Waals surface area (Å²) in [7, 11) is 0. The number of benzene rings is 1. The number of rotatable bonds is 2. The third-order valence-corrected chi connectivity index (χ3v) is 2.31. The SMILES string of the molecule is NC(=O)c1cn(-c2ccc(F)cc2)c(=O)[nH]c1=O. The van der Waals surface area contributed by atoms with E-state index in [0.29, 0.717) is 5.69 Å². The van der Waals surface area contributed by atoms with Crippen LogP contribution in [0.5, 0.6) is 0 Å². The van der Waals surface area contributed by atoms with Crippen LogP contribution in [-0.4, -0.2) is 15.5 Å². The summed E-state index contributed by atoms with van der Waals surface area (Å²) < 4.78 is 13.8. The highest BCUT2D eigenvalue weighted by Gasteiger charge is 2.10. The molecule has 1 aromatic heterocycles. The molecular weight excluding hydrogens is 241 g/mol. The quantitative estimate of drug-likeness (QED) is 0.768. The van der Waals surface area contributed by atoms with Crippen LogP contribution >= 0.6 is 0 Å². The third-order valence-electron chi connectivity index (χ3n) is 2.31. The van der Waals surface area contributed by atoms with Crippen LogP contribution in [0.25, 0.3) is 5.69 Å². The lowest BCUT2D eigenvalue weighted by atomic mass is 10.3. The first-order valence-corrected chi connectivity index (χ1v) is 4.91. The first-order chi connectivity index (χ1) is 8.49. The molecule has 0 atom stereocenters. The number of aromatic amines is 1. The van der Waals surface area contributed by atoms with Gasteiger partial charge in [0.1, 0.15) is 11.4 Å². The van der Waals surface area contributed by atoms with Crippen molar-refractivity contribution in [3.63, 3.8) is 0 Å². The zero-order valence-electron chi connectivity index (χ0n) is 9.01. The summed E-state index contributed by atoms with van der Waals surface area (Å²) in [5.74, 6) is -1.42. The second kappa shape index (κ2) is 4.28. The minimum absolute atomic E-state index is 0.306. The highest BCUT2D eigenvalue weighted by molar-refractivity contribution is 5.92. The fraction of sp³-hybridized carbons (Fsp3) is 0. The third kappa shape index (κ3) is 2.05. The molecule has 1 heterocycles. The Balaban J connectivity index is 2.68. The number of aromatic nitrogens is 2. The molecule has 2 rings (SSSR count). The van der Waals surface area contributed by atoms with Crippen molar-refractivity contribution in [2.75, 3.05) is 0 Å². The van der Waals surface area contributed by atoms with Crippen molar-refractivity contribution in [1.29, 1.82) is 0 Å². The molecule has 0 radical (unpaired) electrons. The summed E-state index contributed by atoms with van der Waals surface area (Å²) in [5.41, 5.74) is 3.36. The van der Waals surface area contributed by atoms with Crippen LogP contribution in [0.2, 0.25) is 0 Å². The van der Waals surface area contributed by atoms with Gasteiger partial charge in [0.25, 0.3) is 11.5 Å². The van der Waals surface area contributed by atoms with Crippen molar-refractivity contribution < 1.29 is 9.18 Å². The molecule has 0 spiro atoms. The van der Waals surface area contributed by atoms with Crippen LogP contribution < -0.4 is 17.0 Å². The maximum atomic E-state index is 12.8. The normalized spacial score (nSPS) is 10.3. The molecule has 0 unspecified atom stereocenters. The molecule has 6 nitrogen and oxygen atoms in total. The Hall–Kier alpha value is -2.70. The average Bonchev–Trinajstić information content (AvgIpc) is 2.30. The van der Waals surface area contributed by atoms with Gasteiger partial charge in [-0.25, -0.2) is 9.18 Å². The van der Waals surface area contributed by atoms with Gasteiger partial charge in [0.15, 0.2) is 0 Å². The molecule has 2 aromatic rings. The number of carbonyl (C=O) groups excluding carboxylic acids is 1. The van der Waals surface area contributed by atoms with E-state index in [1.54, 1.807) is 0 Å². The molecule has 18 heavy (non-hydrogen) atoms. The van der Waals surface area contributed by atoms with Crippen molar-refractivity contribution in [1.82, 2.24) is 9.55 Å². The lowest BCUT2D eigenvalue weighted by Gasteiger charge is -2.05. The summed E-state index contributed by atoms with van der Waals surface area (Å²) in [6.45, 7) is 0. The van der Waals surface area contributed by atoms with Crippen LogP contribution in [0.15, 0.2) is 40.1 Å². The van der Waals surface area contributed by atoms with Gasteiger partial charge in [0, 0.05) is 6.20 Å². The van der Waals surface area contributed by atoms with E-state index in [9.17, 15) is 18.8 Å². The van der Waals surface area contributed by atoms with Crippen molar-refractivity contribution in [3.8, 4) is 5.69 Å². The maximum absolute atomic E-state index is 12.8. The Morgan fingerprint density at radius 1 is 1.22 bits per heavy atom. The zero-order chi connectivity index (χ0) is 13.3. The molecule has 0 aliphatic rings. The van der Waals surface area contributed by atoms with Crippen LogP contribution in [0.3, 0.4) is 0 Å². The van der Waals surface area contributed by atoms with Gasteiger partial charge < -0.3 is 5.73 Å². The first-order valence-electron chi connectivity index (χ1n) is 4.91. The predicted molar refractivity (Wildman–Crippen MR) is 61.1 cm³/mol. The highest BCUT2D eigenvalue weighted by Crippen LogP contribution is 2.06. The number of hydrogen-bond donors (Lipinski definition) is 2. The van der Waals surface area contributed by atoms with Crippen LogP contribution in [0.4, 0.5) is 4.39 Å². The minimum Gasteiger partial charge on any atom is -0.365 e. The number of nitrogens with one attached hydrogen (secondary N) is 1. The molecule has 0 aliphatic heterocycles. The van der Waals surface area contributed by atoms with E-state index in [-0.39, 0.29) is 5.56 Å². The number of H-pyrrole nitrogens is 1. The molecule has 0 bridgehead atoms. The lowest BCUT2D eigenvalue weighted by Crippen LogP contribution is -2.34. The van der Waals surface area contributed by atoms with Gasteiger partial charge in [-0.15, -0.1) is 0 Å². The van der Waals surface area contributed by atoms with Gasteiger partial charge >= 0.3 is 5.69 Å². The van der Waals surface area contributed by atoms with E-state index in [0.717, 1.165) is 22.9 Å². The number of primary amides is 1. The van der Waals surface area contributed by atoms with Crippen LogP contribution in [0, 0.1) is 5.82 Å². The number of halogens is 1. The van der Waals surface area contributed by atoms with E-state index in [1.165, 1.54) is 12.1 Å². The molecule has 1 aromatic carbocycles. The molecule has 0 saturated carbocycles. The number of hydrogen-bond acceptors (Lipinski definition) is 3. The van der Waals surface area contributed by atoms with E-state index in [1.807, 2.05) is 4.98 Å². The smallest absolute Gasteiger partial charge is 0.332 e. The molecule has 0 aliphatic carbocycles. The van der Waals surface area contributed by atoms with Gasteiger partial charge in [0.2, 0.25) is 0 Å². The van der Waals surface area contributed by atoms with Crippen LogP contribution in [-0.2, 0) is 0 Å². The summed E-state index contributed by atoms with van der Waals surface area (Å²) >= 11 is 0. The van der Waals surface area contributed by atoms with Crippen molar-refractivity contribution in [2.24, 2.45) is 5.73 Å². The second-order valence-electron chi connectivity index (χ2n) is 3.51. The van der Waals surface area contributed by atoms with Gasteiger partial charge in [0.05, 0.1) is 5.69 Å². The number of nitrogens with zero attached hydrogens (tertiary/aromatic N) is 1. The fourth-order valence-corrected chi connectivity index (χ4v) is 1.44. The van der Waals surface area contributed by atoms with Crippen LogP contribution in [0.1, 0.15) is 10.4 Å². The number of amides is 1. The van der Waals surface area contributed by atoms with Crippen molar-refractivity contribution in [3.05, 3.63) is 62.7 Å². The second-order valence-corrected chi connectivity index (χ2v) is 3.51. The zero-order valence-corrected chi connectivity index (χ0v) is 9.01. The van der Waals surface area contributed by atoms with Gasteiger partial charge in [-0.2, -0.15) is 0 Å². The Morgan fingerprint density at radius 3 is 2.39 bits per heavy atom. The topological polar surface area (TPSA) is 97.9 Å². The fourth-order valence-electron chi connectivity index (χ4n) is 1.44. The van der Waals surface area contributed by atoms with E-state index in [4.69, 9.17) is 5.73 Å². The summed E-state index contributed by atoms with van der Waals surface area (Å²) in [6, 6.07) is 4.97. The highest BCUT2D eigenvalue weighted by atomic mass is 19.1. The molecule has 92 valence electrons. The average molecular weight is 249 g/mol. The molecule has 3 N–H and O–H groups in total. The molecule has 0 saturated heterocycles. The minimum atomic E-state index is -0.952. The monoisotopic (exact) mass is 249 g/mol. The molecule has 1 amide bonds. The Morgan fingerprint density at radius 2 is 1.83 bits per heavy atom. The molecule has 7 heteroatoms. The molecule has 0 fully saturated rings. The van der Waals surface area contributed by atoms with Crippen molar-refractivity contribution >= 4 is 5.91 Å². The maximum Gasteiger partial charge on any atom is 0.332 e. The van der Waals surface area contributed by atoms with Gasteiger partial charge in [-0.05, 0) is 24.3 Å². The summed E-state index contributed by atoms with van der Waals surface area (Å²) in [4.78, 5) is 35.8. The summed E-state index contributed by atoms with van der Waals surface area (Å²) in [5, 5.41) is 0. The Kier molecular flexibility index (Phi) is 2.80. The number of carbonyl (C=O) groups is 1. The first kappa shape index (κ1) is 11.8. The van der Waals surface area contributed by atoms with E-state index >= 15 is 0 Å². The van der Waals surface area contributed by atoms with Gasteiger partial charge in [-0.1, -0.05) is 0 Å².